The van der Waals surface area contributed by atoms with E-state index in [1.165, 1.54) is 0 Å². The summed E-state index contributed by atoms with van der Waals surface area (Å²) in [4.78, 5) is 13.6. The van der Waals surface area contributed by atoms with E-state index in [1.807, 2.05) is 31.3 Å². The second-order valence-corrected chi connectivity index (χ2v) is 5.24. The van der Waals surface area contributed by atoms with Crippen LogP contribution in [-0.4, -0.2) is 37.7 Å². The van der Waals surface area contributed by atoms with Gasteiger partial charge >= 0.3 is 6.03 Å². The number of hydrogen-bond donors (Lipinski definition) is 1. The van der Waals surface area contributed by atoms with Crippen LogP contribution < -0.4 is 5.32 Å². The maximum absolute atomic E-state index is 11.9. The molecular formula is C14H19ClN2O2. The number of nitrogens with one attached hydrogen (secondary N) is 1. The van der Waals surface area contributed by atoms with E-state index in [0.717, 1.165) is 18.4 Å². The highest BCUT2D eigenvalue weighted by molar-refractivity contribution is 6.30. The topological polar surface area (TPSA) is 41.6 Å². The van der Waals surface area contributed by atoms with E-state index in [2.05, 4.69) is 5.32 Å². The van der Waals surface area contributed by atoms with E-state index in [0.29, 0.717) is 17.6 Å². The van der Waals surface area contributed by atoms with E-state index in [9.17, 15) is 4.79 Å². The zero-order valence-corrected chi connectivity index (χ0v) is 12.0. The second kappa shape index (κ2) is 6.26. The van der Waals surface area contributed by atoms with Crippen molar-refractivity contribution < 1.29 is 9.53 Å². The lowest BCUT2D eigenvalue weighted by Gasteiger charge is -2.21. The molecule has 1 N–H and O–H groups in total. The molecule has 19 heavy (non-hydrogen) atoms. The fraction of sp³-hybridized carbons (Fsp3) is 0.500. The summed E-state index contributed by atoms with van der Waals surface area (Å²) in [5, 5.41) is 3.59. The maximum atomic E-state index is 11.9. The number of methoxy groups -OCH3 is 1. The molecule has 1 aliphatic carbocycles. The second-order valence-electron chi connectivity index (χ2n) is 4.80. The summed E-state index contributed by atoms with van der Waals surface area (Å²) < 4.78 is 5.41. The first kappa shape index (κ1) is 14.2. The average molecular weight is 283 g/mol. The van der Waals surface area contributed by atoms with Crippen LogP contribution in [0.15, 0.2) is 24.3 Å². The minimum absolute atomic E-state index is 0.0430. The Hall–Kier alpha value is -1.26. The molecule has 0 aromatic heterocycles. The smallest absolute Gasteiger partial charge is 0.317 e. The largest absolute Gasteiger partial charge is 0.375 e. The van der Waals surface area contributed by atoms with Crippen LogP contribution in [0.25, 0.3) is 0 Å². The molecule has 1 aliphatic rings. The van der Waals surface area contributed by atoms with E-state index < -0.39 is 0 Å². The number of nitrogens with zero attached hydrogens (tertiary/aromatic N) is 1. The predicted molar refractivity (Wildman–Crippen MR) is 75.4 cm³/mol. The van der Waals surface area contributed by atoms with Gasteiger partial charge in [-0.05, 0) is 30.5 Å². The first-order valence-corrected chi connectivity index (χ1v) is 6.78. The van der Waals surface area contributed by atoms with Crippen LogP contribution in [0.3, 0.4) is 0 Å². The summed E-state index contributed by atoms with van der Waals surface area (Å²) in [5.74, 6) is 0. The molecule has 0 aliphatic heterocycles. The zero-order valence-electron chi connectivity index (χ0n) is 11.2. The van der Waals surface area contributed by atoms with Gasteiger partial charge < -0.3 is 15.0 Å². The maximum Gasteiger partial charge on any atom is 0.317 e. The summed E-state index contributed by atoms with van der Waals surface area (Å²) in [6.45, 7) is 0.452. The molecule has 0 heterocycles. The van der Waals surface area contributed by atoms with Crippen LogP contribution in [-0.2, 0) is 4.74 Å². The molecule has 104 valence electrons. The minimum atomic E-state index is -0.159. The Bertz CT molecular complexity index is 432. The minimum Gasteiger partial charge on any atom is -0.375 e. The number of carbonyl (C=O) groups is 1. The van der Waals surface area contributed by atoms with Gasteiger partial charge in [0.2, 0.25) is 0 Å². The van der Waals surface area contributed by atoms with Crippen molar-refractivity contribution in [1.29, 1.82) is 0 Å². The molecule has 1 aromatic carbocycles. The SMILES string of the molecule is CO[C@H](CNC(=O)N(C)C1CC1)c1ccc(Cl)cc1. The van der Waals surface area contributed by atoms with Crippen LogP contribution >= 0.6 is 11.6 Å². The van der Waals surface area contributed by atoms with Crippen molar-refractivity contribution in [2.24, 2.45) is 0 Å². The Balaban J connectivity index is 1.88. The molecule has 0 unspecified atom stereocenters. The van der Waals surface area contributed by atoms with Crippen molar-refractivity contribution in [3.05, 3.63) is 34.9 Å². The van der Waals surface area contributed by atoms with Crippen molar-refractivity contribution in [1.82, 2.24) is 10.2 Å². The third kappa shape index (κ3) is 3.85. The number of ether oxygens (including phenoxy) is 1. The first-order chi connectivity index (χ1) is 9.11. The molecule has 5 heteroatoms. The fourth-order valence-electron chi connectivity index (χ4n) is 1.95. The summed E-state index contributed by atoms with van der Waals surface area (Å²) in [6, 6.07) is 7.83. The molecular weight excluding hydrogens is 264 g/mol. The van der Waals surface area contributed by atoms with Crippen molar-refractivity contribution >= 4 is 17.6 Å². The van der Waals surface area contributed by atoms with E-state index in [1.54, 1.807) is 12.0 Å². The molecule has 1 aromatic rings. The lowest BCUT2D eigenvalue weighted by atomic mass is 10.1. The van der Waals surface area contributed by atoms with Crippen molar-refractivity contribution in [2.75, 3.05) is 20.7 Å². The van der Waals surface area contributed by atoms with Gasteiger partial charge in [-0.3, -0.25) is 0 Å². The van der Waals surface area contributed by atoms with Gasteiger partial charge in [-0.15, -0.1) is 0 Å². The lowest BCUT2D eigenvalue weighted by Crippen LogP contribution is -2.40. The van der Waals surface area contributed by atoms with Crippen molar-refractivity contribution in [3.63, 3.8) is 0 Å². The summed E-state index contributed by atoms with van der Waals surface area (Å²) in [7, 11) is 3.47. The zero-order chi connectivity index (χ0) is 13.8. The number of amides is 2. The van der Waals surface area contributed by atoms with Crippen LogP contribution in [0.4, 0.5) is 4.79 Å². The van der Waals surface area contributed by atoms with Gasteiger partial charge in [-0.25, -0.2) is 4.79 Å². The highest BCUT2D eigenvalue weighted by atomic mass is 35.5. The Morgan fingerprint density at radius 2 is 2.11 bits per heavy atom. The van der Waals surface area contributed by atoms with Gasteiger partial charge in [-0.1, -0.05) is 23.7 Å². The number of hydrogen-bond acceptors (Lipinski definition) is 2. The third-order valence-electron chi connectivity index (χ3n) is 3.38. The van der Waals surface area contributed by atoms with Crippen molar-refractivity contribution in [2.45, 2.75) is 25.0 Å². The Morgan fingerprint density at radius 3 is 2.63 bits per heavy atom. The molecule has 4 nitrogen and oxygen atoms in total. The van der Waals surface area contributed by atoms with Gasteiger partial charge in [0.1, 0.15) is 0 Å². The summed E-state index contributed by atoms with van der Waals surface area (Å²) in [5.41, 5.74) is 1.00. The summed E-state index contributed by atoms with van der Waals surface area (Å²) in [6.07, 6.45) is 2.05. The number of benzene rings is 1. The Kier molecular flexibility index (Phi) is 4.66. The molecule has 1 saturated carbocycles. The third-order valence-corrected chi connectivity index (χ3v) is 3.63. The van der Waals surface area contributed by atoms with Crippen molar-refractivity contribution in [3.8, 4) is 0 Å². The molecule has 1 atom stereocenters. The molecule has 2 amide bonds. The first-order valence-electron chi connectivity index (χ1n) is 6.40. The molecule has 0 saturated heterocycles. The fourth-order valence-corrected chi connectivity index (χ4v) is 2.07. The molecule has 1 fully saturated rings. The standard InChI is InChI=1S/C14H19ClN2O2/c1-17(12-7-8-12)14(18)16-9-13(19-2)10-3-5-11(15)6-4-10/h3-6,12-13H,7-9H2,1-2H3,(H,16,18)/t13-/m1/s1. The van der Waals surface area contributed by atoms with Gasteiger partial charge in [-0.2, -0.15) is 0 Å². The van der Waals surface area contributed by atoms with Crippen LogP contribution in [0, 0.1) is 0 Å². The molecule has 0 spiro atoms. The number of carbonyl (C=O) groups excluding carboxylic acids is 1. The quantitative estimate of drug-likeness (QED) is 0.902. The van der Waals surface area contributed by atoms with Gasteiger partial charge in [0.05, 0.1) is 6.10 Å². The van der Waals surface area contributed by atoms with Crippen LogP contribution in [0.1, 0.15) is 24.5 Å². The monoisotopic (exact) mass is 282 g/mol. The predicted octanol–water partition coefficient (Wildman–Crippen LogP) is 2.83. The Morgan fingerprint density at radius 1 is 1.47 bits per heavy atom. The number of urea groups is 1. The molecule has 2 rings (SSSR count). The Labute approximate surface area is 118 Å². The van der Waals surface area contributed by atoms with Crippen LogP contribution in [0.5, 0.6) is 0 Å². The normalized spacial score (nSPS) is 15.9. The highest BCUT2D eigenvalue weighted by Crippen LogP contribution is 2.25. The van der Waals surface area contributed by atoms with Crippen LogP contribution in [0.2, 0.25) is 5.02 Å². The number of halogens is 1. The summed E-state index contributed by atoms with van der Waals surface area (Å²) >= 11 is 5.85. The van der Waals surface area contributed by atoms with Gasteiger partial charge in [0.15, 0.2) is 0 Å². The van der Waals surface area contributed by atoms with Gasteiger partial charge in [0.25, 0.3) is 0 Å². The molecule has 0 bridgehead atoms. The number of rotatable bonds is 5. The van der Waals surface area contributed by atoms with Gasteiger partial charge in [0, 0.05) is 31.8 Å². The van der Waals surface area contributed by atoms with E-state index >= 15 is 0 Å². The highest BCUT2D eigenvalue weighted by Gasteiger charge is 2.29. The lowest BCUT2D eigenvalue weighted by molar-refractivity contribution is 0.102. The average Bonchev–Trinajstić information content (AvgIpc) is 3.24. The van der Waals surface area contributed by atoms with E-state index in [4.69, 9.17) is 16.3 Å². The molecule has 0 radical (unpaired) electrons. The van der Waals surface area contributed by atoms with E-state index in [-0.39, 0.29) is 12.1 Å².